The van der Waals surface area contributed by atoms with Gasteiger partial charge in [-0.25, -0.2) is 4.79 Å². The van der Waals surface area contributed by atoms with Crippen molar-refractivity contribution in [2.75, 3.05) is 19.6 Å². The van der Waals surface area contributed by atoms with Gasteiger partial charge in [-0.2, -0.15) is 0 Å². The Morgan fingerprint density at radius 2 is 2.21 bits per heavy atom. The van der Waals surface area contributed by atoms with Gasteiger partial charge in [-0.15, -0.1) is 11.8 Å². The normalized spacial score (nSPS) is 22.3. The van der Waals surface area contributed by atoms with Crippen LogP contribution in [0.5, 0.6) is 0 Å². The third-order valence-electron chi connectivity index (χ3n) is 3.70. The molecule has 1 unspecified atom stereocenters. The standard InChI is InChI=1S/C14H22N2O3/c1-3-5-6-9-15-13(19)16-10-7-8-14(4-2,11-16)12(17)18/h4,6-11H2,1-2H3,(H,15,19)(H,17,18). The zero-order valence-corrected chi connectivity index (χ0v) is 11.7. The van der Waals surface area contributed by atoms with Gasteiger partial charge in [0.2, 0.25) is 0 Å². The van der Waals surface area contributed by atoms with Crippen LogP contribution < -0.4 is 5.32 Å². The fourth-order valence-corrected chi connectivity index (χ4v) is 2.39. The predicted molar refractivity (Wildman–Crippen MR) is 72.6 cm³/mol. The highest BCUT2D eigenvalue weighted by Crippen LogP contribution is 2.33. The van der Waals surface area contributed by atoms with Crippen LogP contribution in [0.3, 0.4) is 0 Å². The van der Waals surface area contributed by atoms with Crippen LogP contribution in [0.4, 0.5) is 4.79 Å². The molecular formula is C14H22N2O3. The quantitative estimate of drug-likeness (QED) is 0.601. The molecule has 5 heteroatoms. The first-order valence-corrected chi connectivity index (χ1v) is 6.71. The number of carbonyl (C=O) groups excluding carboxylic acids is 1. The minimum absolute atomic E-state index is 0.184. The highest BCUT2D eigenvalue weighted by atomic mass is 16.4. The van der Waals surface area contributed by atoms with Crippen LogP contribution in [0.15, 0.2) is 0 Å². The molecule has 0 aromatic rings. The number of aliphatic carboxylic acids is 1. The van der Waals surface area contributed by atoms with Crippen LogP contribution in [0, 0.1) is 17.3 Å². The van der Waals surface area contributed by atoms with Crippen LogP contribution in [-0.4, -0.2) is 41.6 Å². The largest absolute Gasteiger partial charge is 0.481 e. The van der Waals surface area contributed by atoms with Gasteiger partial charge in [0.05, 0.1) is 5.41 Å². The second-order valence-electron chi connectivity index (χ2n) is 4.87. The fraction of sp³-hybridized carbons (Fsp3) is 0.714. The van der Waals surface area contributed by atoms with Gasteiger partial charge in [0.25, 0.3) is 0 Å². The van der Waals surface area contributed by atoms with Crippen LogP contribution in [0.25, 0.3) is 0 Å². The zero-order chi connectivity index (χ0) is 14.3. The first-order chi connectivity index (χ1) is 9.05. The molecular weight excluding hydrogens is 244 g/mol. The summed E-state index contributed by atoms with van der Waals surface area (Å²) < 4.78 is 0. The smallest absolute Gasteiger partial charge is 0.317 e. The Morgan fingerprint density at radius 3 is 2.79 bits per heavy atom. The fourth-order valence-electron chi connectivity index (χ4n) is 2.39. The van der Waals surface area contributed by atoms with Gasteiger partial charge in [-0.05, 0) is 26.2 Å². The number of nitrogens with one attached hydrogen (secondary N) is 1. The van der Waals surface area contributed by atoms with Gasteiger partial charge >= 0.3 is 12.0 Å². The lowest BCUT2D eigenvalue weighted by Crippen LogP contribution is -2.52. The van der Waals surface area contributed by atoms with Crippen molar-refractivity contribution in [3.63, 3.8) is 0 Å². The molecule has 0 aromatic heterocycles. The molecule has 1 fully saturated rings. The first kappa shape index (κ1) is 15.4. The average Bonchev–Trinajstić information content (AvgIpc) is 2.43. The van der Waals surface area contributed by atoms with Crippen molar-refractivity contribution in [3.8, 4) is 11.8 Å². The molecule has 2 amide bonds. The van der Waals surface area contributed by atoms with E-state index >= 15 is 0 Å². The number of likely N-dealkylation sites (tertiary alicyclic amines) is 1. The average molecular weight is 266 g/mol. The number of amides is 2. The number of carboxylic acids is 1. The summed E-state index contributed by atoms with van der Waals surface area (Å²) in [4.78, 5) is 25.0. The Bertz CT molecular complexity index is 397. The van der Waals surface area contributed by atoms with Crippen molar-refractivity contribution < 1.29 is 14.7 Å². The van der Waals surface area contributed by atoms with Crippen molar-refractivity contribution >= 4 is 12.0 Å². The maximum absolute atomic E-state index is 12.0. The molecule has 1 aliphatic rings. The van der Waals surface area contributed by atoms with Crippen LogP contribution in [0.2, 0.25) is 0 Å². The minimum Gasteiger partial charge on any atom is -0.481 e. The van der Waals surface area contributed by atoms with E-state index in [1.807, 2.05) is 6.92 Å². The molecule has 1 rings (SSSR count). The van der Waals surface area contributed by atoms with Gasteiger partial charge in [-0.1, -0.05) is 6.92 Å². The van der Waals surface area contributed by atoms with E-state index in [2.05, 4.69) is 17.2 Å². The number of nitrogens with zero attached hydrogens (tertiary/aromatic N) is 1. The Hall–Kier alpha value is -1.70. The summed E-state index contributed by atoms with van der Waals surface area (Å²) in [5, 5.41) is 12.1. The van der Waals surface area contributed by atoms with Gasteiger partial charge in [0.1, 0.15) is 0 Å². The maximum atomic E-state index is 12.0. The number of piperidine rings is 1. The van der Waals surface area contributed by atoms with E-state index in [9.17, 15) is 14.7 Å². The van der Waals surface area contributed by atoms with E-state index in [0.29, 0.717) is 38.9 Å². The van der Waals surface area contributed by atoms with Crippen LogP contribution in [-0.2, 0) is 4.79 Å². The van der Waals surface area contributed by atoms with Gasteiger partial charge in [0, 0.05) is 26.1 Å². The summed E-state index contributed by atoms with van der Waals surface area (Å²) in [5.74, 6) is 4.84. The Morgan fingerprint density at radius 1 is 1.47 bits per heavy atom. The molecule has 1 heterocycles. The summed E-state index contributed by atoms with van der Waals surface area (Å²) >= 11 is 0. The molecule has 106 valence electrons. The lowest BCUT2D eigenvalue weighted by Gasteiger charge is -2.39. The zero-order valence-electron chi connectivity index (χ0n) is 11.7. The summed E-state index contributed by atoms with van der Waals surface area (Å²) in [6, 6.07) is -0.184. The van der Waals surface area contributed by atoms with Crippen molar-refractivity contribution in [2.24, 2.45) is 5.41 Å². The van der Waals surface area contributed by atoms with Gasteiger partial charge < -0.3 is 15.3 Å². The maximum Gasteiger partial charge on any atom is 0.317 e. The minimum atomic E-state index is -0.802. The van der Waals surface area contributed by atoms with Crippen molar-refractivity contribution in [1.29, 1.82) is 0 Å². The Labute approximate surface area is 114 Å². The first-order valence-electron chi connectivity index (χ1n) is 6.71. The van der Waals surface area contributed by atoms with Crippen LogP contribution >= 0.6 is 0 Å². The molecule has 0 spiro atoms. The van der Waals surface area contributed by atoms with Gasteiger partial charge in [-0.3, -0.25) is 4.79 Å². The van der Waals surface area contributed by atoms with E-state index in [4.69, 9.17) is 0 Å². The number of carbonyl (C=O) groups is 2. The third-order valence-corrected chi connectivity index (χ3v) is 3.70. The van der Waals surface area contributed by atoms with Crippen molar-refractivity contribution in [2.45, 2.75) is 39.5 Å². The molecule has 19 heavy (non-hydrogen) atoms. The van der Waals surface area contributed by atoms with E-state index in [1.165, 1.54) is 0 Å². The van der Waals surface area contributed by atoms with Crippen LogP contribution in [0.1, 0.15) is 39.5 Å². The van der Waals surface area contributed by atoms with E-state index in [1.54, 1.807) is 11.8 Å². The molecule has 1 aliphatic heterocycles. The summed E-state index contributed by atoms with van der Waals surface area (Å²) in [7, 11) is 0. The van der Waals surface area contributed by atoms with Crippen molar-refractivity contribution in [3.05, 3.63) is 0 Å². The number of carboxylic acid groups (broad SMARTS) is 1. The molecule has 1 atom stereocenters. The van der Waals surface area contributed by atoms with E-state index in [0.717, 1.165) is 6.42 Å². The van der Waals surface area contributed by atoms with E-state index in [-0.39, 0.29) is 6.03 Å². The molecule has 0 radical (unpaired) electrons. The molecule has 0 saturated carbocycles. The monoisotopic (exact) mass is 266 g/mol. The molecule has 0 aromatic carbocycles. The molecule has 2 N–H and O–H groups in total. The SMILES string of the molecule is CC#CCCNC(=O)N1CCCC(CC)(C(=O)O)C1. The predicted octanol–water partition coefficient (Wildman–Crippen LogP) is 1.69. The van der Waals surface area contributed by atoms with E-state index < -0.39 is 11.4 Å². The van der Waals surface area contributed by atoms with Gasteiger partial charge in [0.15, 0.2) is 0 Å². The molecule has 1 saturated heterocycles. The number of rotatable bonds is 4. The lowest BCUT2D eigenvalue weighted by molar-refractivity contribution is -0.152. The molecule has 0 aliphatic carbocycles. The highest BCUT2D eigenvalue weighted by molar-refractivity contribution is 5.78. The second kappa shape index (κ2) is 7.03. The van der Waals surface area contributed by atoms with Crippen molar-refractivity contribution in [1.82, 2.24) is 10.2 Å². The highest BCUT2D eigenvalue weighted by Gasteiger charge is 2.42. The summed E-state index contributed by atoms with van der Waals surface area (Å²) in [6.07, 6.45) is 2.55. The number of urea groups is 1. The number of hydrogen-bond acceptors (Lipinski definition) is 2. The Kier molecular flexibility index (Phi) is 5.68. The molecule has 0 bridgehead atoms. The summed E-state index contributed by atoms with van der Waals surface area (Å²) in [5.41, 5.74) is -0.779. The topological polar surface area (TPSA) is 69.6 Å². The molecule has 5 nitrogen and oxygen atoms in total. The second-order valence-corrected chi connectivity index (χ2v) is 4.87. The summed E-state index contributed by atoms with van der Waals surface area (Å²) in [6.45, 7) is 5.05. The Balaban J connectivity index is 2.55. The number of hydrogen-bond donors (Lipinski definition) is 2. The third kappa shape index (κ3) is 3.88. The lowest BCUT2D eigenvalue weighted by atomic mass is 9.78.